The van der Waals surface area contributed by atoms with Gasteiger partial charge in [0.05, 0.1) is 6.61 Å². The molecule has 5 N–H and O–H groups in total. The van der Waals surface area contributed by atoms with Crippen molar-refractivity contribution < 1.29 is 49.4 Å². The Hall–Kier alpha value is -1.44. The number of esters is 1. The third-order valence-electron chi connectivity index (χ3n) is 8.51. The molecule has 1 saturated heterocycles. The predicted molar refractivity (Wildman–Crippen MR) is 175 cm³/mol. The third-order valence-corrected chi connectivity index (χ3v) is 8.85. The fraction of sp³-hybridized carbons (Fsp3) is 0.909. The first-order chi connectivity index (χ1) is 21.7. The fourth-order valence-corrected chi connectivity index (χ4v) is 5.98. The number of unbranched alkanes of at least 4 members (excludes halogenated alkanes) is 16. The summed E-state index contributed by atoms with van der Waals surface area (Å²) in [5, 5.41) is 48.6. The summed E-state index contributed by atoms with van der Waals surface area (Å²) in [5.41, 5.74) is 0. The molecule has 0 radical (unpaired) electrons. The molecule has 12 heteroatoms. The third kappa shape index (κ3) is 17.3. The lowest BCUT2D eigenvalue weighted by Crippen LogP contribution is -2.60. The first-order valence-electron chi connectivity index (χ1n) is 17.3. The second-order valence-electron chi connectivity index (χ2n) is 12.3. The highest BCUT2D eigenvalue weighted by Crippen LogP contribution is 2.23. The van der Waals surface area contributed by atoms with Crippen molar-refractivity contribution in [2.45, 2.75) is 172 Å². The first kappa shape index (κ1) is 41.6. The number of thiol groups is 1. The average Bonchev–Trinajstić information content (AvgIpc) is 3.02. The summed E-state index contributed by atoms with van der Waals surface area (Å²) in [5.74, 6) is -1.76. The van der Waals surface area contributed by atoms with Gasteiger partial charge in [-0.05, 0) is 19.3 Å². The van der Waals surface area contributed by atoms with Gasteiger partial charge in [-0.25, -0.2) is 4.79 Å². The molecule has 6 atom stereocenters. The number of ether oxygens (including phenoxy) is 2. The van der Waals surface area contributed by atoms with Crippen LogP contribution in [0.2, 0.25) is 0 Å². The Morgan fingerprint density at radius 3 is 1.71 bits per heavy atom. The molecule has 0 aliphatic carbocycles. The Balaban J connectivity index is 2.65. The van der Waals surface area contributed by atoms with E-state index in [0.29, 0.717) is 25.8 Å². The minimum atomic E-state index is -1.73. The Morgan fingerprint density at radius 1 is 0.733 bits per heavy atom. The second kappa shape index (κ2) is 25.6. The van der Waals surface area contributed by atoms with Crippen LogP contribution in [-0.4, -0.2) is 104 Å². The number of carbonyl (C=O) groups excluding carboxylic acids is 2. The quantitative estimate of drug-likeness (QED) is 0.0421. The summed E-state index contributed by atoms with van der Waals surface area (Å²) in [4.78, 5) is 38.8. The van der Waals surface area contributed by atoms with Gasteiger partial charge in [-0.2, -0.15) is 12.6 Å². The minimum Gasteiger partial charge on any atom is -0.481 e. The number of hydrogen-bond donors (Lipinski definition) is 6. The molecule has 264 valence electrons. The molecule has 0 aromatic carbocycles. The van der Waals surface area contributed by atoms with E-state index in [4.69, 9.17) is 14.6 Å². The van der Waals surface area contributed by atoms with E-state index in [-0.39, 0.29) is 18.1 Å². The summed E-state index contributed by atoms with van der Waals surface area (Å²) in [6.45, 7) is 1.90. The first-order valence-corrected chi connectivity index (χ1v) is 17.9. The average molecular weight is 664 g/mol. The van der Waals surface area contributed by atoms with Gasteiger partial charge in [0.2, 0.25) is 12.2 Å². The highest BCUT2D eigenvalue weighted by molar-refractivity contribution is 7.80. The van der Waals surface area contributed by atoms with Crippen LogP contribution < -0.4 is 0 Å². The van der Waals surface area contributed by atoms with Crippen LogP contribution in [0.1, 0.15) is 135 Å². The lowest BCUT2D eigenvalue weighted by Gasteiger charge is -2.40. The Bertz CT molecular complexity index is 801. The van der Waals surface area contributed by atoms with Gasteiger partial charge in [0.1, 0.15) is 30.5 Å². The van der Waals surface area contributed by atoms with Gasteiger partial charge in [0.15, 0.2) is 0 Å². The summed E-state index contributed by atoms with van der Waals surface area (Å²) in [7, 11) is 0. The molecule has 1 amide bonds. The van der Waals surface area contributed by atoms with Gasteiger partial charge in [0, 0.05) is 25.1 Å². The molecular formula is C33H61NO10S. The van der Waals surface area contributed by atoms with Crippen LogP contribution >= 0.6 is 12.6 Å². The van der Waals surface area contributed by atoms with Crippen molar-refractivity contribution in [3.63, 3.8) is 0 Å². The van der Waals surface area contributed by atoms with Crippen LogP contribution in [0, 0.1) is 0 Å². The number of aliphatic hydroxyl groups excluding tert-OH is 4. The van der Waals surface area contributed by atoms with Crippen molar-refractivity contribution in [3.8, 4) is 0 Å². The van der Waals surface area contributed by atoms with Crippen LogP contribution in [0.25, 0.3) is 0 Å². The van der Waals surface area contributed by atoms with Crippen LogP contribution in [0.15, 0.2) is 0 Å². The van der Waals surface area contributed by atoms with Crippen LogP contribution in [0.4, 0.5) is 0 Å². The van der Waals surface area contributed by atoms with E-state index in [1.807, 2.05) is 0 Å². The van der Waals surface area contributed by atoms with E-state index in [0.717, 1.165) is 70.6 Å². The second-order valence-corrected chi connectivity index (χ2v) is 12.7. The number of rotatable bonds is 27. The van der Waals surface area contributed by atoms with E-state index in [9.17, 15) is 34.8 Å². The van der Waals surface area contributed by atoms with E-state index >= 15 is 0 Å². The van der Waals surface area contributed by atoms with Crippen molar-refractivity contribution in [1.29, 1.82) is 0 Å². The van der Waals surface area contributed by atoms with Crippen molar-refractivity contribution >= 4 is 30.5 Å². The van der Waals surface area contributed by atoms with E-state index in [1.165, 1.54) is 37.0 Å². The Labute approximate surface area is 275 Å². The SMILES string of the molecule is CCCCCCCCCCCC(=O)N(CCCCCCCCCCCC(=O)O)[C@@H](CS)C(=O)O[C@@H]1O[C@H](CO)[C@@H](O)[C@H](O)[C@H]1O. The monoisotopic (exact) mass is 663 g/mol. The number of aliphatic carboxylic acids is 1. The topological polar surface area (TPSA) is 174 Å². The molecule has 0 spiro atoms. The molecule has 1 heterocycles. The van der Waals surface area contributed by atoms with E-state index < -0.39 is 55.3 Å². The molecular weight excluding hydrogens is 602 g/mol. The van der Waals surface area contributed by atoms with Gasteiger partial charge in [-0.3, -0.25) is 9.59 Å². The van der Waals surface area contributed by atoms with Gasteiger partial charge in [0.25, 0.3) is 0 Å². The van der Waals surface area contributed by atoms with Crippen molar-refractivity contribution in [3.05, 3.63) is 0 Å². The molecule has 1 fully saturated rings. The maximum Gasteiger partial charge on any atom is 0.332 e. The van der Waals surface area contributed by atoms with Crippen LogP contribution in [0.5, 0.6) is 0 Å². The molecule has 1 aliphatic rings. The van der Waals surface area contributed by atoms with E-state index in [2.05, 4.69) is 19.6 Å². The number of nitrogens with zero attached hydrogens (tertiary/aromatic N) is 1. The number of carboxylic acids is 1. The number of carboxylic acid groups (broad SMARTS) is 1. The normalized spacial score (nSPS) is 22.2. The zero-order valence-electron chi connectivity index (χ0n) is 27.4. The molecule has 11 nitrogen and oxygen atoms in total. The highest BCUT2D eigenvalue weighted by Gasteiger charge is 2.46. The van der Waals surface area contributed by atoms with Crippen LogP contribution in [-0.2, 0) is 23.9 Å². The fourth-order valence-electron chi connectivity index (χ4n) is 5.64. The smallest absolute Gasteiger partial charge is 0.332 e. The van der Waals surface area contributed by atoms with Crippen LogP contribution in [0.3, 0.4) is 0 Å². The highest BCUT2D eigenvalue weighted by atomic mass is 32.1. The minimum absolute atomic E-state index is 0.0123. The van der Waals surface area contributed by atoms with Gasteiger partial charge < -0.3 is 39.9 Å². The zero-order chi connectivity index (χ0) is 33.5. The van der Waals surface area contributed by atoms with Crippen molar-refractivity contribution in [2.24, 2.45) is 0 Å². The molecule has 0 unspecified atom stereocenters. The maximum atomic E-state index is 13.4. The van der Waals surface area contributed by atoms with Crippen molar-refractivity contribution in [1.82, 2.24) is 4.90 Å². The molecule has 0 aromatic rings. The standard InChI is InChI=1S/C33H61NO10S/c1-2-3-4-5-6-8-11-14-17-20-27(36)34(22-19-16-13-10-7-9-12-15-18-21-28(37)38)25(24-45)32(42)44-33-31(41)30(40)29(39)26(23-35)43-33/h25-26,29-31,33,35,39-41,45H,2-24H2,1H3,(H,37,38)/t25-,26+,29+,30-,31+,33-/m0/s1. The Kier molecular flexibility index (Phi) is 23.7. The molecule has 45 heavy (non-hydrogen) atoms. The lowest BCUT2D eigenvalue weighted by molar-refractivity contribution is -0.293. The van der Waals surface area contributed by atoms with Gasteiger partial charge in [-0.15, -0.1) is 0 Å². The molecule has 0 saturated carbocycles. The van der Waals surface area contributed by atoms with E-state index in [1.54, 1.807) is 0 Å². The number of hydrogen-bond acceptors (Lipinski definition) is 10. The maximum absolute atomic E-state index is 13.4. The van der Waals surface area contributed by atoms with Gasteiger partial charge >= 0.3 is 11.9 Å². The molecule has 0 aromatic heterocycles. The zero-order valence-corrected chi connectivity index (χ0v) is 28.3. The lowest BCUT2D eigenvalue weighted by atomic mass is 9.99. The largest absolute Gasteiger partial charge is 0.481 e. The Morgan fingerprint density at radius 2 is 1.22 bits per heavy atom. The number of amides is 1. The summed E-state index contributed by atoms with van der Waals surface area (Å²) in [6, 6.07) is -1.03. The summed E-state index contributed by atoms with van der Waals surface area (Å²) >= 11 is 4.35. The predicted octanol–water partition coefficient (Wildman–Crippen LogP) is 4.36. The molecule has 1 aliphatic heterocycles. The summed E-state index contributed by atoms with van der Waals surface area (Å²) < 4.78 is 10.7. The van der Waals surface area contributed by atoms with Crippen molar-refractivity contribution in [2.75, 3.05) is 18.9 Å². The number of aliphatic hydroxyl groups is 4. The molecule has 1 rings (SSSR count). The van der Waals surface area contributed by atoms with Gasteiger partial charge in [-0.1, -0.05) is 103 Å². The number of carbonyl (C=O) groups is 3. The summed E-state index contributed by atoms with van der Waals surface area (Å²) in [6.07, 6.45) is 11.2. The molecule has 0 bridgehead atoms.